The quantitative estimate of drug-likeness (QED) is 0.123. The van der Waals surface area contributed by atoms with E-state index >= 15 is 0 Å². The minimum Gasteiger partial charge on any atom is -0.443 e. The van der Waals surface area contributed by atoms with Gasteiger partial charge >= 0.3 is 6.09 Å². The highest BCUT2D eigenvalue weighted by atomic mass is 32.2. The van der Waals surface area contributed by atoms with Gasteiger partial charge in [0.15, 0.2) is 11.9 Å². The lowest BCUT2D eigenvalue weighted by Crippen LogP contribution is -2.52. The van der Waals surface area contributed by atoms with Gasteiger partial charge in [-0.3, -0.25) is 4.79 Å². The molecule has 15 nitrogen and oxygen atoms in total. The number of sulfonamides is 1. The maximum Gasteiger partial charge on any atom is 0.407 e. The summed E-state index contributed by atoms with van der Waals surface area (Å²) in [6, 6.07) is 22.5. The Kier molecular flexibility index (Phi) is 12.8. The molecular weight excluding hydrogens is 719 g/mol. The standard InChI is InChI=1S/C38H47N5O10S/c1-24(2)19-43(54(47,48)27-14-15-28-31(17-27)52-37(39-3)41-28)20-30(44)29(16-25-10-6-4-7-11-25)42-38(46)53-33-22-51-36-35(33)32(21-50-36)49-23-34(45)40-18-26-12-8-5-9-13-26/h4-15,17,24,29-30,32-33,35-36,44H,16,18-23H2,1-3H3,(H,39,41)(H,40,45)(H,42,46)/t29-,30+,32-,33-,35-,36+/m0/s1. The zero-order valence-corrected chi connectivity index (χ0v) is 31.2. The molecule has 3 aromatic carbocycles. The zero-order valence-electron chi connectivity index (χ0n) is 30.4. The summed E-state index contributed by atoms with van der Waals surface area (Å²) in [5.74, 6) is -0.881. The van der Waals surface area contributed by atoms with Gasteiger partial charge in [0.1, 0.15) is 18.2 Å². The molecule has 2 saturated heterocycles. The number of alkyl carbamates (subject to hydrolysis) is 1. The Balaban J connectivity index is 1.12. The average molecular weight is 766 g/mol. The Morgan fingerprint density at radius 3 is 2.33 bits per heavy atom. The van der Waals surface area contributed by atoms with Crippen molar-refractivity contribution in [3.63, 3.8) is 0 Å². The van der Waals surface area contributed by atoms with Crippen LogP contribution < -0.4 is 16.0 Å². The fraction of sp³-hybridized carbons (Fsp3) is 0.447. The normalized spacial score (nSPS) is 20.9. The van der Waals surface area contributed by atoms with Crippen LogP contribution in [0.1, 0.15) is 25.0 Å². The molecule has 2 amide bonds. The van der Waals surface area contributed by atoms with E-state index in [1.165, 1.54) is 16.4 Å². The molecular formula is C38H47N5O10S. The van der Waals surface area contributed by atoms with E-state index in [0.717, 1.165) is 11.1 Å². The second kappa shape index (κ2) is 17.7. The van der Waals surface area contributed by atoms with E-state index in [1.807, 2.05) is 74.5 Å². The highest BCUT2D eigenvalue weighted by Gasteiger charge is 2.51. The number of aliphatic hydroxyl groups is 1. The number of aromatic nitrogens is 1. The minimum absolute atomic E-state index is 0.0198. The van der Waals surface area contributed by atoms with E-state index in [4.69, 9.17) is 23.4 Å². The number of rotatable bonds is 17. The van der Waals surface area contributed by atoms with Crippen molar-refractivity contribution in [1.82, 2.24) is 19.9 Å². The topological polar surface area (TPSA) is 191 Å². The molecule has 2 fully saturated rings. The van der Waals surface area contributed by atoms with Gasteiger partial charge in [0, 0.05) is 32.7 Å². The Morgan fingerprint density at radius 2 is 1.65 bits per heavy atom. The fourth-order valence-electron chi connectivity index (χ4n) is 6.57. The summed E-state index contributed by atoms with van der Waals surface area (Å²) in [6.45, 7) is 3.88. The lowest BCUT2D eigenvalue weighted by Gasteiger charge is -2.31. The van der Waals surface area contributed by atoms with E-state index in [9.17, 15) is 23.1 Å². The minimum atomic E-state index is -4.13. The monoisotopic (exact) mass is 765 g/mol. The maximum absolute atomic E-state index is 14.1. The first kappa shape index (κ1) is 39.1. The number of oxazole rings is 1. The predicted molar refractivity (Wildman–Crippen MR) is 198 cm³/mol. The third-order valence-corrected chi connectivity index (χ3v) is 11.1. The summed E-state index contributed by atoms with van der Waals surface area (Å²) in [4.78, 5) is 30.3. The van der Waals surface area contributed by atoms with Crippen LogP contribution in [0.3, 0.4) is 0 Å². The molecule has 6 rings (SSSR count). The number of fused-ring (bicyclic) bond motifs is 2. The van der Waals surface area contributed by atoms with E-state index in [1.54, 1.807) is 13.1 Å². The Morgan fingerprint density at radius 1 is 0.963 bits per heavy atom. The first-order chi connectivity index (χ1) is 26.0. The van der Waals surface area contributed by atoms with Gasteiger partial charge in [0.2, 0.25) is 15.9 Å². The van der Waals surface area contributed by atoms with Gasteiger partial charge in [-0.25, -0.2) is 13.2 Å². The SMILES string of the molecule is CNc1nc2ccc(S(=O)(=O)N(CC(C)C)C[C@@H](O)[C@H](Cc3ccccc3)NC(=O)O[C@H]3CO[C@H]4OC[C@H](OCC(=O)NCc5ccccc5)[C@H]43)cc2o1. The molecule has 3 heterocycles. The van der Waals surface area contributed by atoms with Gasteiger partial charge in [-0.15, -0.1) is 0 Å². The van der Waals surface area contributed by atoms with Crippen molar-refractivity contribution in [3.8, 4) is 0 Å². The van der Waals surface area contributed by atoms with Crippen LogP contribution >= 0.6 is 0 Å². The average Bonchev–Trinajstić information content (AvgIpc) is 3.89. The van der Waals surface area contributed by atoms with Gasteiger partial charge < -0.3 is 44.4 Å². The molecule has 54 heavy (non-hydrogen) atoms. The molecule has 2 aliphatic heterocycles. The summed E-state index contributed by atoms with van der Waals surface area (Å²) in [5, 5.41) is 20.1. The van der Waals surface area contributed by atoms with Gasteiger partial charge in [0.05, 0.1) is 42.3 Å². The molecule has 0 saturated carbocycles. The maximum atomic E-state index is 14.1. The molecule has 4 N–H and O–H groups in total. The molecule has 16 heteroatoms. The molecule has 0 spiro atoms. The van der Waals surface area contributed by atoms with Crippen LogP contribution in [0.4, 0.5) is 10.8 Å². The van der Waals surface area contributed by atoms with Crippen molar-refractivity contribution in [2.24, 2.45) is 11.8 Å². The van der Waals surface area contributed by atoms with E-state index in [2.05, 4.69) is 20.9 Å². The number of amides is 2. The van der Waals surface area contributed by atoms with E-state index in [0.29, 0.717) is 17.6 Å². The third kappa shape index (κ3) is 9.74. The molecule has 2 aliphatic rings. The molecule has 290 valence electrons. The number of hydrogen-bond acceptors (Lipinski definition) is 12. The molecule has 0 unspecified atom stereocenters. The summed E-state index contributed by atoms with van der Waals surface area (Å²) < 4.78 is 58.2. The Bertz CT molecular complexity index is 1960. The fourth-order valence-corrected chi connectivity index (χ4v) is 8.21. The summed E-state index contributed by atoms with van der Waals surface area (Å²) in [7, 11) is -2.48. The highest BCUT2D eigenvalue weighted by Crippen LogP contribution is 2.35. The zero-order chi connectivity index (χ0) is 38.2. The second-order valence-corrected chi connectivity index (χ2v) is 15.7. The van der Waals surface area contributed by atoms with Crippen LogP contribution in [-0.4, -0.2) is 105 Å². The molecule has 4 aromatic rings. The van der Waals surface area contributed by atoms with Crippen molar-refractivity contribution in [1.29, 1.82) is 0 Å². The van der Waals surface area contributed by atoms with Crippen molar-refractivity contribution >= 4 is 39.1 Å². The first-order valence-electron chi connectivity index (χ1n) is 17.9. The molecule has 1 aromatic heterocycles. The van der Waals surface area contributed by atoms with Crippen LogP contribution in [0.2, 0.25) is 0 Å². The van der Waals surface area contributed by atoms with Crippen LogP contribution in [0.15, 0.2) is 88.2 Å². The molecule has 6 atom stereocenters. The first-order valence-corrected chi connectivity index (χ1v) is 19.4. The largest absolute Gasteiger partial charge is 0.443 e. The number of carbonyl (C=O) groups is 2. The number of benzene rings is 3. The lowest BCUT2D eigenvalue weighted by molar-refractivity contribution is -0.129. The predicted octanol–water partition coefficient (Wildman–Crippen LogP) is 3.29. The van der Waals surface area contributed by atoms with Crippen LogP contribution in [0.25, 0.3) is 11.1 Å². The van der Waals surface area contributed by atoms with Crippen molar-refractivity contribution < 1.29 is 46.5 Å². The number of nitrogens with one attached hydrogen (secondary N) is 3. The van der Waals surface area contributed by atoms with Crippen molar-refractivity contribution in [2.75, 3.05) is 45.3 Å². The molecule has 0 bridgehead atoms. The van der Waals surface area contributed by atoms with Crippen LogP contribution in [0.5, 0.6) is 0 Å². The van der Waals surface area contributed by atoms with Gasteiger partial charge in [0.25, 0.3) is 6.01 Å². The lowest BCUT2D eigenvalue weighted by atomic mass is 10.00. The number of anilines is 1. The Labute approximate surface area is 314 Å². The number of nitrogens with zero attached hydrogens (tertiary/aromatic N) is 2. The summed E-state index contributed by atoms with van der Waals surface area (Å²) in [6.07, 6.45) is -4.00. The van der Waals surface area contributed by atoms with Crippen molar-refractivity contribution in [3.05, 3.63) is 90.0 Å². The van der Waals surface area contributed by atoms with Crippen molar-refractivity contribution in [2.45, 2.75) is 62.4 Å². The highest BCUT2D eigenvalue weighted by molar-refractivity contribution is 7.89. The number of ether oxygens (including phenoxy) is 4. The summed E-state index contributed by atoms with van der Waals surface area (Å²) in [5.41, 5.74) is 2.55. The van der Waals surface area contributed by atoms with Crippen LogP contribution in [-0.2, 0) is 46.7 Å². The molecule has 0 radical (unpaired) electrons. The summed E-state index contributed by atoms with van der Waals surface area (Å²) >= 11 is 0. The number of hydrogen-bond donors (Lipinski definition) is 4. The van der Waals surface area contributed by atoms with Crippen LogP contribution in [0, 0.1) is 11.8 Å². The second-order valence-electron chi connectivity index (χ2n) is 13.8. The van der Waals surface area contributed by atoms with Gasteiger partial charge in [-0.1, -0.05) is 74.5 Å². The van der Waals surface area contributed by atoms with E-state index in [-0.39, 0.29) is 62.1 Å². The smallest absolute Gasteiger partial charge is 0.407 e. The van der Waals surface area contributed by atoms with Gasteiger partial charge in [-0.05, 0) is 35.6 Å². The van der Waals surface area contributed by atoms with E-state index < -0.39 is 52.7 Å². The Hall–Kier alpha value is -4.58. The van der Waals surface area contributed by atoms with Gasteiger partial charge in [-0.2, -0.15) is 9.29 Å². The number of aliphatic hydroxyl groups excluding tert-OH is 1. The third-order valence-electron chi connectivity index (χ3n) is 9.28. The number of carbonyl (C=O) groups excluding carboxylic acids is 2. The molecule has 0 aliphatic carbocycles.